The molecule has 1 aliphatic carbocycles. The van der Waals surface area contributed by atoms with E-state index in [1.165, 1.54) is 12.8 Å². The van der Waals surface area contributed by atoms with Crippen molar-refractivity contribution in [3.63, 3.8) is 0 Å². The number of amides is 1. The zero-order chi connectivity index (χ0) is 18.5. The van der Waals surface area contributed by atoms with Gasteiger partial charge in [-0.25, -0.2) is 0 Å². The van der Waals surface area contributed by atoms with E-state index in [-0.39, 0.29) is 18.1 Å². The summed E-state index contributed by atoms with van der Waals surface area (Å²) in [4.78, 5) is 14.2. The molecule has 142 valence electrons. The van der Waals surface area contributed by atoms with Crippen molar-refractivity contribution in [3.05, 3.63) is 30.1 Å². The topological polar surface area (TPSA) is 56.6 Å². The Morgan fingerprint density at radius 1 is 1.26 bits per heavy atom. The highest BCUT2D eigenvalue weighted by molar-refractivity contribution is 5.95. The number of carbonyl (C=O) groups excluding carboxylic acids is 1. The van der Waals surface area contributed by atoms with Crippen LogP contribution in [0.5, 0.6) is 5.75 Å². The highest BCUT2D eigenvalue weighted by atomic mass is 16.6. The molecule has 1 saturated carbocycles. The third kappa shape index (κ3) is 2.92. The molecule has 3 aliphatic rings. The van der Waals surface area contributed by atoms with E-state index in [1.54, 1.807) is 6.92 Å². The highest BCUT2D eigenvalue weighted by Gasteiger charge is 2.32. The van der Waals surface area contributed by atoms with Gasteiger partial charge < -0.3 is 14.4 Å². The van der Waals surface area contributed by atoms with Crippen molar-refractivity contribution in [1.82, 2.24) is 9.78 Å². The van der Waals surface area contributed by atoms with Crippen LogP contribution in [-0.4, -0.2) is 41.0 Å². The summed E-state index contributed by atoms with van der Waals surface area (Å²) in [5.74, 6) is 0.977. The monoisotopic (exact) mass is 367 g/mol. The van der Waals surface area contributed by atoms with E-state index in [4.69, 9.17) is 9.47 Å². The highest BCUT2D eigenvalue weighted by Crippen LogP contribution is 2.44. The molecule has 0 radical (unpaired) electrons. The molecule has 1 unspecified atom stereocenters. The van der Waals surface area contributed by atoms with E-state index in [0.717, 1.165) is 41.0 Å². The minimum Gasteiger partial charge on any atom is -0.485 e. The number of aromatic nitrogens is 2. The van der Waals surface area contributed by atoms with Gasteiger partial charge in [-0.05, 0) is 44.7 Å². The number of benzene rings is 1. The molecule has 0 bridgehead atoms. The van der Waals surface area contributed by atoms with E-state index in [2.05, 4.69) is 35.0 Å². The van der Waals surface area contributed by atoms with Gasteiger partial charge >= 0.3 is 0 Å². The Bertz CT molecular complexity index is 883. The Labute approximate surface area is 159 Å². The molecule has 0 N–H and O–H groups in total. The Kier molecular flexibility index (Phi) is 3.97. The molecule has 0 spiro atoms. The minimum atomic E-state index is 0.0793. The summed E-state index contributed by atoms with van der Waals surface area (Å²) in [5, 5.41) is 4.55. The molecule has 5 rings (SSSR count). The predicted octanol–water partition coefficient (Wildman–Crippen LogP) is 3.35. The molecule has 3 heterocycles. The maximum atomic E-state index is 12.3. The van der Waals surface area contributed by atoms with Gasteiger partial charge in [0.05, 0.1) is 31.1 Å². The van der Waals surface area contributed by atoms with Gasteiger partial charge in [-0.15, -0.1) is 0 Å². The molecule has 1 saturated heterocycles. The predicted molar refractivity (Wildman–Crippen MR) is 102 cm³/mol. The summed E-state index contributed by atoms with van der Waals surface area (Å²) >= 11 is 0. The molecule has 1 aromatic heterocycles. The lowest BCUT2D eigenvalue weighted by molar-refractivity contribution is -0.117. The fourth-order valence-electron chi connectivity index (χ4n) is 4.11. The van der Waals surface area contributed by atoms with Gasteiger partial charge in [0.15, 0.2) is 0 Å². The fourth-order valence-corrected chi connectivity index (χ4v) is 4.11. The van der Waals surface area contributed by atoms with Crippen LogP contribution in [0.3, 0.4) is 0 Å². The molecule has 6 heteroatoms. The Morgan fingerprint density at radius 3 is 2.74 bits per heavy atom. The quantitative estimate of drug-likeness (QED) is 0.832. The van der Waals surface area contributed by atoms with Crippen LogP contribution < -0.4 is 9.64 Å². The maximum Gasteiger partial charge on any atom is 0.224 e. The second-order valence-electron chi connectivity index (χ2n) is 7.93. The first kappa shape index (κ1) is 16.8. The van der Waals surface area contributed by atoms with Crippen LogP contribution in [0.2, 0.25) is 0 Å². The summed E-state index contributed by atoms with van der Waals surface area (Å²) < 4.78 is 13.8. The lowest BCUT2D eigenvalue weighted by Crippen LogP contribution is -2.42. The van der Waals surface area contributed by atoms with Crippen molar-refractivity contribution >= 4 is 11.6 Å². The van der Waals surface area contributed by atoms with Gasteiger partial charge in [0.2, 0.25) is 5.91 Å². The number of hydrogen-bond acceptors (Lipinski definition) is 4. The second-order valence-corrected chi connectivity index (χ2v) is 7.93. The largest absolute Gasteiger partial charge is 0.485 e. The normalized spacial score (nSPS) is 22.3. The number of nitrogens with zero attached hydrogens (tertiary/aromatic N) is 3. The van der Waals surface area contributed by atoms with Crippen molar-refractivity contribution in [1.29, 1.82) is 0 Å². The van der Waals surface area contributed by atoms with E-state index >= 15 is 0 Å². The number of carbonyl (C=O) groups is 1. The molecule has 6 nitrogen and oxygen atoms in total. The summed E-state index contributed by atoms with van der Waals surface area (Å²) in [6.07, 6.45) is 8.40. The molecule has 27 heavy (non-hydrogen) atoms. The number of hydrogen-bond donors (Lipinski definition) is 0. The number of fused-ring (bicyclic) bond motifs is 1. The van der Waals surface area contributed by atoms with Crippen molar-refractivity contribution in [2.45, 2.75) is 57.7 Å². The van der Waals surface area contributed by atoms with Crippen molar-refractivity contribution in [3.8, 4) is 16.9 Å². The average molecular weight is 367 g/mol. The smallest absolute Gasteiger partial charge is 0.224 e. The SMILES string of the molecule is CC(=O)N1c2ccc(-c3cnn(C4CC4)c3)c(OC3COC3)c2CCC1C. The Morgan fingerprint density at radius 2 is 2.07 bits per heavy atom. The van der Waals surface area contributed by atoms with Gasteiger partial charge in [0, 0.05) is 35.9 Å². The van der Waals surface area contributed by atoms with Crippen LogP contribution in [0.1, 0.15) is 44.7 Å². The Balaban J connectivity index is 1.60. The van der Waals surface area contributed by atoms with Crippen molar-refractivity contribution in [2.75, 3.05) is 18.1 Å². The number of rotatable bonds is 4. The summed E-state index contributed by atoms with van der Waals surface area (Å²) in [6, 6.07) is 4.91. The molecular formula is C21H25N3O3. The molecule has 1 aromatic carbocycles. The molecule has 1 amide bonds. The Hall–Kier alpha value is -2.34. The van der Waals surface area contributed by atoms with E-state index in [1.807, 2.05) is 11.1 Å². The average Bonchev–Trinajstić information content (AvgIpc) is 3.34. The molecule has 1 atom stereocenters. The van der Waals surface area contributed by atoms with Gasteiger partial charge in [-0.3, -0.25) is 9.48 Å². The third-order valence-electron chi connectivity index (χ3n) is 5.81. The number of ether oxygens (including phenoxy) is 2. The van der Waals surface area contributed by atoms with Crippen LogP contribution >= 0.6 is 0 Å². The van der Waals surface area contributed by atoms with Crippen LogP contribution in [-0.2, 0) is 16.0 Å². The van der Waals surface area contributed by atoms with Crippen LogP contribution in [0.15, 0.2) is 24.5 Å². The van der Waals surface area contributed by atoms with Crippen LogP contribution in [0.25, 0.3) is 11.1 Å². The zero-order valence-electron chi connectivity index (χ0n) is 15.9. The lowest BCUT2D eigenvalue weighted by atomic mass is 9.92. The first-order chi connectivity index (χ1) is 13.1. The van der Waals surface area contributed by atoms with E-state index in [0.29, 0.717) is 19.3 Å². The molecule has 2 fully saturated rings. The molecule has 2 aromatic rings. The van der Waals surface area contributed by atoms with E-state index in [9.17, 15) is 4.79 Å². The van der Waals surface area contributed by atoms with Gasteiger partial charge in [-0.1, -0.05) is 0 Å². The molecular weight excluding hydrogens is 342 g/mol. The van der Waals surface area contributed by atoms with Crippen LogP contribution in [0.4, 0.5) is 5.69 Å². The minimum absolute atomic E-state index is 0.0793. The van der Waals surface area contributed by atoms with Gasteiger partial charge in [0.25, 0.3) is 0 Å². The summed E-state index contributed by atoms with van der Waals surface area (Å²) in [7, 11) is 0. The van der Waals surface area contributed by atoms with E-state index < -0.39 is 0 Å². The zero-order valence-corrected chi connectivity index (χ0v) is 15.9. The summed E-state index contributed by atoms with van der Waals surface area (Å²) in [5.41, 5.74) is 4.25. The van der Waals surface area contributed by atoms with Crippen molar-refractivity contribution < 1.29 is 14.3 Å². The molecule has 2 aliphatic heterocycles. The summed E-state index contributed by atoms with van der Waals surface area (Å²) in [6.45, 7) is 4.99. The number of anilines is 1. The van der Waals surface area contributed by atoms with Gasteiger partial charge in [-0.2, -0.15) is 5.10 Å². The second kappa shape index (κ2) is 6.37. The maximum absolute atomic E-state index is 12.3. The fraction of sp³-hybridized carbons (Fsp3) is 0.524. The first-order valence-electron chi connectivity index (χ1n) is 9.86. The van der Waals surface area contributed by atoms with Gasteiger partial charge in [0.1, 0.15) is 11.9 Å². The first-order valence-corrected chi connectivity index (χ1v) is 9.86. The lowest BCUT2D eigenvalue weighted by Gasteiger charge is -2.37. The van der Waals surface area contributed by atoms with Crippen LogP contribution in [0, 0.1) is 0 Å². The third-order valence-corrected chi connectivity index (χ3v) is 5.81. The standard InChI is InChI=1S/C21H25N3O3/c1-13-3-6-19-20(24(13)14(2)25)8-7-18(21(19)27-17-11-26-12-17)15-9-22-23(10-15)16-4-5-16/h7-10,13,16-17H,3-6,11-12H2,1-2H3. The van der Waals surface area contributed by atoms with Crippen molar-refractivity contribution in [2.24, 2.45) is 0 Å².